The fourth-order valence-corrected chi connectivity index (χ4v) is 3.20. The minimum Gasteiger partial charge on any atom is -0.490 e. The molecule has 0 amide bonds. The Hall–Kier alpha value is -0.500. The van der Waals surface area contributed by atoms with Gasteiger partial charge in [0.15, 0.2) is 0 Å². The van der Waals surface area contributed by atoms with Gasteiger partial charge in [0, 0.05) is 13.0 Å². The van der Waals surface area contributed by atoms with Gasteiger partial charge in [-0.25, -0.2) is 0 Å². The van der Waals surface area contributed by atoms with Crippen LogP contribution in [0.15, 0.2) is 21.1 Å². The fourth-order valence-electron chi connectivity index (χ4n) is 1.69. The number of hydrogen-bond acceptors (Lipinski definition) is 2. The van der Waals surface area contributed by atoms with Gasteiger partial charge in [0.25, 0.3) is 0 Å². The molecule has 0 bridgehead atoms. The second kappa shape index (κ2) is 9.44. The van der Waals surface area contributed by atoms with Gasteiger partial charge in [-0.05, 0) is 68.9 Å². The first-order valence-corrected chi connectivity index (χ1v) is 8.34. The average Bonchev–Trinajstić information content (AvgIpc) is 2.36. The molecule has 1 aromatic rings. The lowest BCUT2D eigenvalue weighted by Gasteiger charge is -2.12. The lowest BCUT2D eigenvalue weighted by molar-refractivity contribution is 0.323. The van der Waals surface area contributed by atoms with E-state index in [0.29, 0.717) is 12.5 Å². The zero-order valence-electron chi connectivity index (χ0n) is 12.2. The van der Waals surface area contributed by atoms with E-state index in [9.17, 15) is 0 Å². The highest BCUT2D eigenvalue weighted by molar-refractivity contribution is 9.11. The van der Waals surface area contributed by atoms with Crippen molar-refractivity contribution in [3.8, 4) is 17.6 Å². The maximum absolute atomic E-state index is 5.75. The molecule has 0 fully saturated rings. The number of hydrogen-bond donors (Lipinski definition) is 1. The molecule has 1 aromatic carbocycles. The van der Waals surface area contributed by atoms with Crippen molar-refractivity contribution in [3.05, 3.63) is 26.6 Å². The lowest BCUT2D eigenvalue weighted by atomic mass is 10.2. The topological polar surface area (TPSA) is 21.3 Å². The first-order valence-electron chi connectivity index (χ1n) is 6.75. The molecule has 0 heterocycles. The molecule has 1 N–H and O–H groups in total. The third kappa shape index (κ3) is 6.30. The molecule has 110 valence electrons. The standard InChI is InChI=1S/C16H21Br2NO/c1-4-5-6-7-20-16-14(17)8-13(9-15(16)18)11-19-10-12(2)3/h8-9,12,19H,6-7,10-11H2,1-3H3. The van der Waals surface area contributed by atoms with Crippen LogP contribution in [0.4, 0.5) is 0 Å². The molecule has 0 radical (unpaired) electrons. The van der Waals surface area contributed by atoms with Crippen molar-refractivity contribution in [2.24, 2.45) is 5.92 Å². The second-order valence-corrected chi connectivity index (χ2v) is 6.65. The summed E-state index contributed by atoms with van der Waals surface area (Å²) in [5.41, 5.74) is 1.23. The summed E-state index contributed by atoms with van der Waals surface area (Å²) in [6.07, 6.45) is 0.743. The molecule has 0 aliphatic heterocycles. The minimum absolute atomic E-state index is 0.600. The van der Waals surface area contributed by atoms with E-state index < -0.39 is 0 Å². The second-order valence-electron chi connectivity index (χ2n) is 4.94. The van der Waals surface area contributed by atoms with Gasteiger partial charge in [-0.3, -0.25) is 0 Å². The van der Waals surface area contributed by atoms with Gasteiger partial charge in [-0.15, -0.1) is 11.8 Å². The molecule has 0 saturated carbocycles. The number of rotatable bonds is 7. The first kappa shape index (κ1) is 17.6. The summed E-state index contributed by atoms with van der Waals surface area (Å²) in [6.45, 7) is 8.72. The van der Waals surface area contributed by atoms with Crippen LogP contribution >= 0.6 is 31.9 Å². The van der Waals surface area contributed by atoms with Gasteiger partial charge in [0.2, 0.25) is 0 Å². The zero-order chi connectivity index (χ0) is 15.0. The van der Waals surface area contributed by atoms with Crippen molar-refractivity contribution in [2.75, 3.05) is 13.2 Å². The molecular formula is C16H21Br2NO. The van der Waals surface area contributed by atoms with Gasteiger partial charge in [0.1, 0.15) is 5.75 Å². The Bertz CT molecular complexity index is 466. The maximum Gasteiger partial charge on any atom is 0.147 e. The Morgan fingerprint density at radius 2 is 1.90 bits per heavy atom. The monoisotopic (exact) mass is 401 g/mol. The molecule has 0 unspecified atom stereocenters. The molecule has 0 aromatic heterocycles. The summed E-state index contributed by atoms with van der Waals surface area (Å²) >= 11 is 7.14. The number of nitrogens with one attached hydrogen (secondary N) is 1. The van der Waals surface area contributed by atoms with Crippen LogP contribution in [0.3, 0.4) is 0 Å². The lowest BCUT2D eigenvalue weighted by Crippen LogP contribution is -2.19. The van der Waals surface area contributed by atoms with Crippen LogP contribution in [0.5, 0.6) is 5.75 Å². The van der Waals surface area contributed by atoms with Crippen LogP contribution in [0.1, 0.15) is 32.8 Å². The molecule has 0 saturated heterocycles. The summed E-state index contributed by atoms with van der Waals surface area (Å²) in [5, 5.41) is 3.43. The summed E-state index contributed by atoms with van der Waals surface area (Å²) in [5.74, 6) is 7.35. The largest absolute Gasteiger partial charge is 0.490 e. The van der Waals surface area contributed by atoms with E-state index in [1.165, 1.54) is 5.56 Å². The number of ether oxygens (including phenoxy) is 1. The summed E-state index contributed by atoms with van der Waals surface area (Å²) in [7, 11) is 0. The highest BCUT2D eigenvalue weighted by Crippen LogP contribution is 2.34. The molecule has 0 aliphatic carbocycles. The van der Waals surface area contributed by atoms with Crippen LogP contribution in [0.2, 0.25) is 0 Å². The van der Waals surface area contributed by atoms with Gasteiger partial charge in [-0.1, -0.05) is 13.8 Å². The van der Waals surface area contributed by atoms with E-state index in [1.54, 1.807) is 0 Å². The Morgan fingerprint density at radius 3 is 2.45 bits per heavy atom. The van der Waals surface area contributed by atoms with E-state index in [0.717, 1.165) is 34.2 Å². The molecule has 4 heteroatoms. The highest BCUT2D eigenvalue weighted by Gasteiger charge is 2.09. The SMILES string of the molecule is CC#CCCOc1c(Br)cc(CNCC(C)C)cc1Br. The zero-order valence-corrected chi connectivity index (χ0v) is 15.4. The van der Waals surface area contributed by atoms with E-state index in [1.807, 2.05) is 6.92 Å². The summed E-state index contributed by atoms with van der Waals surface area (Å²) < 4.78 is 7.69. The van der Waals surface area contributed by atoms with Crippen molar-refractivity contribution in [2.45, 2.75) is 33.7 Å². The molecule has 0 atom stereocenters. The van der Waals surface area contributed by atoms with Gasteiger partial charge >= 0.3 is 0 Å². The van der Waals surface area contributed by atoms with Crippen molar-refractivity contribution in [3.63, 3.8) is 0 Å². The predicted octanol–water partition coefficient (Wildman–Crippen LogP) is 4.75. The molecule has 20 heavy (non-hydrogen) atoms. The molecular weight excluding hydrogens is 382 g/mol. The van der Waals surface area contributed by atoms with Crippen molar-refractivity contribution < 1.29 is 4.74 Å². The Morgan fingerprint density at radius 1 is 1.25 bits per heavy atom. The third-order valence-corrected chi connectivity index (χ3v) is 3.77. The van der Waals surface area contributed by atoms with Crippen molar-refractivity contribution in [1.29, 1.82) is 0 Å². The predicted molar refractivity (Wildman–Crippen MR) is 91.9 cm³/mol. The number of benzene rings is 1. The van der Waals surface area contributed by atoms with Crippen molar-refractivity contribution >= 4 is 31.9 Å². The average molecular weight is 403 g/mol. The van der Waals surface area contributed by atoms with Crippen LogP contribution < -0.4 is 10.1 Å². The van der Waals surface area contributed by atoms with E-state index in [2.05, 4.69) is 75.0 Å². The van der Waals surface area contributed by atoms with E-state index in [-0.39, 0.29) is 0 Å². The van der Waals surface area contributed by atoms with Crippen molar-refractivity contribution in [1.82, 2.24) is 5.32 Å². The van der Waals surface area contributed by atoms with E-state index >= 15 is 0 Å². The summed E-state index contributed by atoms with van der Waals surface area (Å²) in [4.78, 5) is 0. The summed E-state index contributed by atoms with van der Waals surface area (Å²) in [6, 6.07) is 4.19. The van der Waals surface area contributed by atoms with Crippen LogP contribution in [0.25, 0.3) is 0 Å². The molecule has 0 aliphatic rings. The van der Waals surface area contributed by atoms with Gasteiger partial charge in [-0.2, -0.15) is 0 Å². The molecule has 2 nitrogen and oxygen atoms in total. The fraction of sp³-hybridized carbons (Fsp3) is 0.500. The molecule has 1 rings (SSSR count). The van der Waals surface area contributed by atoms with Gasteiger partial charge in [0.05, 0.1) is 15.6 Å². The smallest absolute Gasteiger partial charge is 0.147 e. The Labute approximate surface area is 138 Å². The quantitative estimate of drug-likeness (QED) is 0.524. The first-order chi connectivity index (χ1) is 9.54. The Kier molecular flexibility index (Phi) is 8.28. The Balaban J connectivity index is 2.62. The normalized spacial score (nSPS) is 10.3. The number of halogens is 2. The van der Waals surface area contributed by atoms with E-state index in [4.69, 9.17) is 4.74 Å². The van der Waals surface area contributed by atoms with Gasteiger partial charge < -0.3 is 10.1 Å². The van der Waals surface area contributed by atoms with Crippen LogP contribution in [-0.2, 0) is 6.54 Å². The highest BCUT2D eigenvalue weighted by atomic mass is 79.9. The van der Waals surface area contributed by atoms with Crippen LogP contribution in [-0.4, -0.2) is 13.2 Å². The molecule has 0 spiro atoms. The minimum atomic E-state index is 0.600. The third-order valence-electron chi connectivity index (χ3n) is 2.59. The maximum atomic E-state index is 5.75. The van der Waals surface area contributed by atoms with Crippen LogP contribution in [0, 0.1) is 17.8 Å².